The minimum Gasteiger partial charge on any atom is -0.381 e. The molecule has 1 aromatic rings. The van der Waals surface area contributed by atoms with Gasteiger partial charge in [0.1, 0.15) is 5.82 Å². The van der Waals surface area contributed by atoms with Gasteiger partial charge in [-0.2, -0.15) is 13.2 Å². The lowest BCUT2D eigenvalue weighted by Gasteiger charge is -2.43. The fraction of sp³-hybridized carbons (Fsp3) is 0.611. The molecular weight excluding hydrogens is 364 g/mol. The molecule has 0 atom stereocenters. The van der Waals surface area contributed by atoms with Gasteiger partial charge in [0.15, 0.2) is 5.96 Å². The molecule has 5 nitrogen and oxygen atoms in total. The molecule has 2 N–H and O–H groups in total. The number of rotatable bonds is 5. The molecule has 152 valence electrons. The van der Waals surface area contributed by atoms with E-state index < -0.39 is 17.6 Å². The summed E-state index contributed by atoms with van der Waals surface area (Å²) in [6, 6.07) is 2.67. The summed E-state index contributed by atoms with van der Waals surface area (Å²) in [6.07, 6.45) is -2.92. The number of halogens is 4. The van der Waals surface area contributed by atoms with Crippen molar-refractivity contribution in [1.29, 1.82) is 0 Å². The summed E-state index contributed by atoms with van der Waals surface area (Å²) in [5.74, 6) is -0.527. The number of aliphatic imine (C=N–C) groups is 1. The van der Waals surface area contributed by atoms with Crippen molar-refractivity contribution >= 4 is 5.96 Å². The van der Waals surface area contributed by atoms with Gasteiger partial charge in [0.2, 0.25) is 0 Å². The maximum absolute atomic E-state index is 13.2. The molecule has 9 heteroatoms. The first kappa shape index (κ1) is 21.4. The van der Waals surface area contributed by atoms with Crippen LogP contribution in [0.2, 0.25) is 0 Å². The Kier molecular flexibility index (Phi) is 7.05. The van der Waals surface area contributed by atoms with Crippen molar-refractivity contribution < 1.29 is 22.3 Å². The zero-order valence-corrected chi connectivity index (χ0v) is 15.8. The lowest BCUT2D eigenvalue weighted by Crippen LogP contribution is -2.57. The smallest absolute Gasteiger partial charge is 0.381 e. The van der Waals surface area contributed by atoms with Crippen LogP contribution in [0.15, 0.2) is 23.2 Å². The third kappa shape index (κ3) is 5.55. The Balaban J connectivity index is 2.02. The summed E-state index contributed by atoms with van der Waals surface area (Å²) >= 11 is 0. The second-order valence-electron chi connectivity index (χ2n) is 6.81. The van der Waals surface area contributed by atoms with Crippen molar-refractivity contribution in [2.24, 2.45) is 4.99 Å². The molecule has 0 aliphatic carbocycles. The predicted octanol–water partition coefficient (Wildman–Crippen LogP) is 2.62. The molecule has 1 aliphatic heterocycles. The number of hydrogen-bond acceptors (Lipinski definition) is 3. The minimum absolute atomic E-state index is 0.0414. The summed E-state index contributed by atoms with van der Waals surface area (Å²) in [4.78, 5) is 6.21. The number of ether oxygens (including phenoxy) is 1. The zero-order chi connectivity index (χ0) is 20.1. The van der Waals surface area contributed by atoms with E-state index in [1.807, 2.05) is 14.1 Å². The summed E-state index contributed by atoms with van der Waals surface area (Å²) in [6.45, 7) is 1.79. The molecule has 1 fully saturated rings. The van der Waals surface area contributed by atoms with Crippen LogP contribution in [-0.4, -0.2) is 57.3 Å². The quantitative estimate of drug-likeness (QED) is 0.461. The van der Waals surface area contributed by atoms with Crippen LogP contribution < -0.4 is 10.6 Å². The Hall–Kier alpha value is -1.87. The van der Waals surface area contributed by atoms with Gasteiger partial charge >= 0.3 is 6.18 Å². The van der Waals surface area contributed by atoms with Crippen LogP contribution in [0, 0.1) is 5.82 Å². The van der Waals surface area contributed by atoms with E-state index in [1.165, 1.54) is 0 Å². The first-order valence-corrected chi connectivity index (χ1v) is 8.73. The summed E-state index contributed by atoms with van der Waals surface area (Å²) in [7, 11) is 5.55. The minimum atomic E-state index is -4.62. The van der Waals surface area contributed by atoms with Crippen LogP contribution in [0.5, 0.6) is 0 Å². The highest BCUT2D eigenvalue weighted by atomic mass is 19.4. The summed E-state index contributed by atoms with van der Waals surface area (Å²) in [5.41, 5.74) is -1.14. The third-order valence-electron chi connectivity index (χ3n) is 5.00. The number of alkyl halides is 3. The van der Waals surface area contributed by atoms with E-state index in [-0.39, 0.29) is 17.6 Å². The molecule has 0 bridgehead atoms. The van der Waals surface area contributed by atoms with Gasteiger partial charge in [-0.3, -0.25) is 4.99 Å². The Morgan fingerprint density at radius 1 is 1.22 bits per heavy atom. The molecule has 0 unspecified atom stereocenters. The van der Waals surface area contributed by atoms with Crippen LogP contribution in [-0.2, 0) is 17.5 Å². The van der Waals surface area contributed by atoms with Gasteiger partial charge in [-0.05, 0) is 44.6 Å². The van der Waals surface area contributed by atoms with Gasteiger partial charge < -0.3 is 20.3 Å². The van der Waals surface area contributed by atoms with Crippen LogP contribution in [0.25, 0.3) is 0 Å². The standard InChI is InChI=1S/C18H26F4N4O/c1-23-16(25-12-17(26(2)3)6-8-27-9-7-17)24-11-13-4-5-14(19)10-15(13)18(20,21)22/h4-5,10H,6-9,11-12H2,1-3H3,(H2,23,24,25). The molecule has 1 aliphatic rings. The molecule has 0 radical (unpaired) electrons. The van der Waals surface area contributed by atoms with Gasteiger partial charge in [0.25, 0.3) is 0 Å². The molecule has 2 rings (SSSR count). The van der Waals surface area contributed by atoms with Crippen molar-refractivity contribution in [3.8, 4) is 0 Å². The Labute approximate surface area is 156 Å². The number of hydrogen-bond donors (Lipinski definition) is 2. The fourth-order valence-electron chi connectivity index (χ4n) is 3.15. The molecule has 0 spiro atoms. The first-order valence-electron chi connectivity index (χ1n) is 8.73. The van der Waals surface area contributed by atoms with Crippen molar-refractivity contribution in [3.63, 3.8) is 0 Å². The maximum atomic E-state index is 13.2. The molecule has 1 heterocycles. The number of benzene rings is 1. The second-order valence-corrected chi connectivity index (χ2v) is 6.81. The topological polar surface area (TPSA) is 48.9 Å². The molecule has 1 aromatic carbocycles. The Bertz CT molecular complexity index is 655. The molecule has 0 saturated carbocycles. The molecule has 27 heavy (non-hydrogen) atoms. The SMILES string of the molecule is CN=C(NCc1ccc(F)cc1C(F)(F)F)NCC1(N(C)C)CCOCC1. The number of guanidine groups is 1. The van der Waals surface area contributed by atoms with Gasteiger partial charge in [0, 0.05) is 38.9 Å². The monoisotopic (exact) mass is 390 g/mol. The Morgan fingerprint density at radius 2 is 1.89 bits per heavy atom. The number of nitrogens with one attached hydrogen (secondary N) is 2. The largest absolute Gasteiger partial charge is 0.416 e. The van der Waals surface area contributed by atoms with Crippen molar-refractivity contribution in [3.05, 3.63) is 35.1 Å². The third-order valence-corrected chi connectivity index (χ3v) is 5.00. The van der Waals surface area contributed by atoms with Crippen molar-refractivity contribution in [2.45, 2.75) is 31.1 Å². The van der Waals surface area contributed by atoms with E-state index >= 15 is 0 Å². The average Bonchev–Trinajstić information content (AvgIpc) is 2.62. The van der Waals surface area contributed by atoms with E-state index in [0.717, 1.165) is 25.0 Å². The molecule has 0 aromatic heterocycles. The van der Waals surface area contributed by atoms with Gasteiger partial charge in [0.05, 0.1) is 5.56 Å². The van der Waals surface area contributed by atoms with Crippen LogP contribution in [0.4, 0.5) is 17.6 Å². The van der Waals surface area contributed by atoms with Gasteiger partial charge in [-0.25, -0.2) is 4.39 Å². The van der Waals surface area contributed by atoms with E-state index in [1.54, 1.807) is 7.05 Å². The summed E-state index contributed by atoms with van der Waals surface area (Å²) in [5, 5.41) is 6.07. The highest BCUT2D eigenvalue weighted by Crippen LogP contribution is 2.32. The van der Waals surface area contributed by atoms with Crippen LogP contribution in [0.1, 0.15) is 24.0 Å². The summed E-state index contributed by atoms with van der Waals surface area (Å²) < 4.78 is 58.0. The maximum Gasteiger partial charge on any atom is 0.416 e. The predicted molar refractivity (Wildman–Crippen MR) is 96.1 cm³/mol. The first-order chi connectivity index (χ1) is 12.7. The number of likely N-dealkylation sites (N-methyl/N-ethyl adjacent to an activating group) is 1. The molecular formula is C18H26F4N4O. The van der Waals surface area contributed by atoms with Gasteiger partial charge in [-0.1, -0.05) is 6.07 Å². The van der Waals surface area contributed by atoms with E-state index in [4.69, 9.17) is 4.74 Å². The van der Waals surface area contributed by atoms with E-state index in [0.29, 0.717) is 31.8 Å². The number of nitrogens with zero attached hydrogens (tertiary/aromatic N) is 2. The average molecular weight is 390 g/mol. The zero-order valence-electron chi connectivity index (χ0n) is 15.8. The lowest BCUT2D eigenvalue weighted by molar-refractivity contribution is -0.138. The molecule has 1 saturated heterocycles. The van der Waals surface area contributed by atoms with Crippen molar-refractivity contribution in [1.82, 2.24) is 15.5 Å². The second kappa shape index (κ2) is 8.88. The fourth-order valence-corrected chi connectivity index (χ4v) is 3.15. The van der Waals surface area contributed by atoms with Gasteiger partial charge in [-0.15, -0.1) is 0 Å². The van der Waals surface area contributed by atoms with Crippen LogP contribution >= 0.6 is 0 Å². The Morgan fingerprint density at radius 3 is 2.44 bits per heavy atom. The molecule has 0 amide bonds. The van der Waals surface area contributed by atoms with E-state index in [9.17, 15) is 17.6 Å². The lowest BCUT2D eigenvalue weighted by atomic mass is 9.88. The normalized spacial score (nSPS) is 17.9. The highest BCUT2D eigenvalue weighted by molar-refractivity contribution is 5.79. The van der Waals surface area contributed by atoms with E-state index in [2.05, 4.69) is 20.5 Å². The van der Waals surface area contributed by atoms with Crippen LogP contribution in [0.3, 0.4) is 0 Å². The highest BCUT2D eigenvalue weighted by Gasteiger charge is 2.35. The van der Waals surface area contributed by atoms with Crippen molar-refractivity contribution in [2.75, 3.05) is 40.9 Å².